The number of piperazine rings is 1. The number of para-hydroxylation sites is 1. The van der Waals surface area contributed by atoms with Crippen molar-refractivity contribution in [1.82, 2.24) is 0 Å². The second kappa shape index (κ2) is 6.56. The summed E-state index contributed by atoms with van der Waals surface area (Å²) in [6.07, 6.45) is 0.304. The summed E-state index contributed by atoms with van der Waals surface area (Å²) in [5, 5.41) is 9.00. The lowest BCUT2D eigenvalue weighted by Crippen LogP contribution is -3.30. The molecule has 0 spiro atoms. The molecule has 118 valence electrons. The largest absolute Gasteiger partial charge is 0.391 e. The van der Waals surface area contributed by atoms with Crippen molar-refractivity contribution in [3.8, 4) is 0 Å². The number of amides is 2. The number of anilines is 1. The lowest BCUT2D eigenvalue weighted by atomic mass is 10.1. The van der Waals surface area contributed by atoms with Gasteiger partial charge in [-0.05, 0) is 12.1 Å². The fourth-order valence-electron chi connectivity index (χ4n) is 3.48. The number of aliphatic hydroxyl groups excluding tert-OH is 1. The highest BCUT2D eigenvalue weighted by Crippen LogP contribution is 2.21. The van der Waals surface area contributed by atoms with E-state index < -0.39 is 0 Å². The van der Waals surface area contributed by atoms with E-state index in [9.17, 15) is 9.59 Å². The third-order valence-corrected chi connectivity index (χ3v) is 4.72. The maximum atomic E-state index is 12.7. The van der Waals surface area contributed by atoms with Crippen LogP contribution in [0.2, 0.25) is 0 Å². The zero-order valence-electron chi connectivity index (χ0n) is 12.6. The monoisotopic (exact) mass is 305 g/mol. The molecule has 0 bridgehead atoms. The lowest BCUT2D eigenvalue weighted by molar-refractivity contribution is -1.02. The van der Waals surface area contributed by atoms with Gasteiger partial charge in [0.1, 0.15) is 32.7 Å². The van der Waals surface area contributed by atoms with Crippen LogP contribution in [-0.2, 0) is 9.59 Å². The Balaban J connectivity index is 1.67. The van der Waals surface area contributed by atoms with Crippen molar-refractivity contribution in [1.29, 1.82) is 0 Å². The Bertz CT molecular complexity index is 541. The van der Waals surface area contributed by atoms with E-state index in [1.54, 1.807) is 12.1 Å². The molecule has 2 aliphatic rings. The average Bonchev–Trinajstić information content (AvgIpc) is 2.84. The van der Waals surface area contributed by atoms with Gasteiger partial charge in [0.05, 0.1) is 18.7 Å². The highest BCUT2D eigenvalue weighted by molar-refractivity contribution is 6.21. The molecule has 0 radical (unpaired) electrons. The second-order valence-electron chi connectivity index (χ2n) is 6.04. The number of carbonyl (C=O) groups is 2. The molecule has 6 nitrogen and oxygen atoms in total. The number of nitrogens with one attached hydrogen (secondary N) is 2. The molecule has 2 fully saturated rings. The number of carbonyl (C=O) groups excluding carboxylic acids is 2. The molecule has 22 heavy (non-hydrogen) atoms. The van der Waals surface area contributed by atoms with Gasteiger partial charge < -0.3 is 14.9 Å². The van der Waals surface area contributed by atoms with Crippen molar-refractivity contribution in [2.75, 3.05) is 44.2 Å². The maximum absolute atomic E-state index is 12.7. The smallest absolute Gasteiger partial charge is 0.292 e. The van der Waals surface area contributed by atoms with Gasteiger partial charge in [-0.2, -0.15) is 0 Å². The van der Waals surface area contributed by atoms with Crippen LogP contribution in [0.5, 0.6) is 0 Å². The van der Waals surface area contributed by atoms with Crippen LogP contribution in [0.25, 0.3) is 0 Å². The van der Waals surface area contributed by atoms with Crippen LogP contribution in [0.3, 0.4) is 0 Å². The van der Waals surface area contributed by atoms with Crippen molar-refractivity contribution in [3.05, 3.63) is 30.3 Å². The number of benzene rings is 1. The van der Waals surface area contributed by atoms with Gasteiger partial charge in [0.15, 0.2) is 6.04 Å². The quantitative estimate of drug-likeness (QED) is 0.523. The van der Waals surface area contributed by atoms with Crippen LogP contribution < -0.4 is 14.7 Å². The van der Waals surface area contributed by atoms with Gasteiger partial charge in [-0.1, -0.05) is 18.2 Å². The number of imide groups is 1. The molecule has 1 aromatic rings. The molecular formula is C16H23N3O3+2. The van der Waals surface area contributed by atoms with Gasteiger partial charge in [0.2, 0.25) is 5.91 Å². The fourth-order valence-corrected chi connectivity index (χ4v) is 3.48. The number of hydrogen-bond donors (Lipinski definition) is 3. The SMILES string of the molecule is O=C1C[C@H]([NH+]2CC[NH+](CCO)CC2)C(=O)N1c1ccccc1. The van der Waals surface area contributed by atoms with E-state index in [4.69, 9.17) is 5.11 Å². The van der Waals surface area contributed by atoms with Crippen molar-refractivity contribution >= 4 is 17.5 Å². The summed E-state index contributed by atoms with van der Waals surface area (Å²) in [6, 6.07) is 8.91. The van der Waals surface area contributed by atoms with Crippen LogP contribution in [-0.4, -0.2) is 62.3 Å². The van der Waals surface area contributed by atoms with E-state index in [-0.39, 0.29) is 24.5 Å². The van der Waals surface area contributed by atoms with Crippen molar-refractivity contribution in [2.45, 2.75) is 12.5 Å². The summed E-state index contributed by atoms with van der Waals surface area (Å²) in [4.78, 5) is 28.8. The first-order chi connectivity index (χ1) is 10.7. The van der Waals surface area contributed by atoms with Gasteiger partial charge in [0, 0.05) is 0 Å². The van der Waals surface area contributed by atoms with Gasteiger partial charge in [-0.25, -0.2) is 4.90 Å². The Morgan fingerprint density at radius 1 is 1.09 bits per heavy atom. The molecule has 0 unspecified atom stereocenters. The van der Waals surface area contributed by atoms with Crippen LogP contribution in [0, 0.1) is 0 Å². The van der Waals surface area contributed by atoms with Gasteiger partial charge >= 0.3 is 0 Å². The predicted octanol–water partition coefficient (Wildman–Crippen LogP) is -2.91. The zero-order valence-corrected chi connectivity index (χ0v) is 12.6. The van der Waals surface area contributed by atoms with E-state index in [0.29, 0.717) is 12.1 Å². The lowest BCUT2D eigenvalue weighted by Gasteiger charge is -2.31. The minimum atomic E-state index is -0.247. The van der Waals surface area contributed by atoms with Gasteiger partial charge in [-0.15, -0.1) is 0 Å². The Hall–Kier alpha value is -1.76. The summed E-state index contributed by atoms with van der Waals surface area (Å²) in [7, 11) is 0. The van der Waals surface area contributed by atoms with E-state index in [1.165, 1.54) is 14.7 Å². The summed E-state index contributed by atoms with van der Waals surface area (Å²) >= 11 is 0. The summed E-state index contributed by atoms with van der Waals surface area (Å²) in [6.45, 7) is 4.61. The molecule has 6 heteroatoms. The highest BCUT2D eigenvalue weighted by Gasteiger charge is 2.46. The van der Waals surface area contributed by atoms with Crippen molar-refractivity contribution in [3.63, 3.8) is 0 Å². The maximum Gasteiger partial charge on any atom is 0.292 e. The van der Waals surface area contributed by atoms with Gasteiger partial charge in [0.25, 0.3) is 5.91 Å². The Labute approximate surface area is 129 Å². The Morgan fingerprint density at radius 3 is 2.41 bits per heavy atom. The number of aliphatic hydroxyl groups is 1. The third kappa shape index (κ3) is 2.90. The second-order valence-corrected chi connectivity index (χ2v) is 6.04. The molecule has 1 atom stereocenters. The van der Waals surface area contributed by atoms with E-state index in [0.717, 1.165) is 32.7 Å². The predicted molar refractivity (Wildman–Crippen MR) is 80.7 cm³/mol. The molecule has 3 N–H and O–H groups in total. The number of nitrogens with zero attached hydrogens (tertiary/aromatic N) is 1. The standard InChI is InChI=1S/C16H21N3O3/c20-11-10-17-6-8-18(9-7-17)14-12-15(21)19(16(14)22)13-4-2-1-3-5-13/h1-5,14,20H,6-12H2/p+2/t14-/m0/s1. The molecule has 3 rings (SSSR count). The molecule has 2 saturated heterocycles. The Morgan fingerprint density at radius 2 is 1.77 bits per heavy atom. The summed E-state index contributed by atoms with van der Waals surface area (Å²) in [5.74, 6) is -0.171. The minimum absolute atomic E-state index is 0.0724. The number of quaternary nitrogens is 2. The topological polar surface area (TPSA) is 66.5 Å². The van der Waals surface area contributed by atoms with Crippen LogP contribution >= 0.6 is 0 Å². The molecule has 0 aromatic heterocycles. The Kier molecular flexibility index (Phi) is 4.52. The van der Waals surface area contributed by atoms with Crippen molar-refractivity contribution in [2.24, 2.45) is 0 Å². The number of rotatable bonds is 4. The van der Waals surface area contributed by atoms with Crippen LogP contribution in [0.15, 0.2) is 30.3 Å². The molecule has 2 heterocycles. The van der Waals surface area contributed by atoms with E-state index in [1.807, 2.05) is 18.2 Å². The van der Waals surface area contributed by atoms with Gasteiger partial charge in [-0.3, -0.25) is 9.59 Å². The van der Waals surface area contributed by atoms with Crippen molar-refractivity contribution < 1.29 is 24.5 Å². The summed E-state index contributed by atoms with van der Waals surface area (Å²) in [5.41, 5.74) is 0.670. The first-order valence-corrected chi connectivity index (χ1v) is 7.91. The molecule has 1 aromatic carbocycles. The zero-order chi connectivity index (χ0) is 15.5. The highest BCUT2D eigenvalue weighted by atomic mass is 16.3. The van der Waals surface area contributed by atoms with Crippen LogP contribution in [0.4, 0.5) is 5.69 Å². The number of hydrogen-bond acceptors (Lipinski definition) is 3. The molecular weight excluding hydrogens is 282 g/mol. The average molecular weight is 305 g/mol. The molecule has 0 saturated carbocycles. The fraction of sp³-hybridized carbons (Fsp3) is 0.500. The van der Waals surface area contributed by atoms with E-state index >= 15 is 0 Å². The molecule has 2 aliphatic heterocycles. The van der Waals surface area contributed by atoms with Crippen LogP contribution in [0.1, 0.15) is 6.42 Å². The first-order valence-electron chi connectivity index (χ1n) is 7.91. The van der Waals surface area contributed by atoms with E-state index in [2.05, 4.69) is 0 Å². The minimum Gasteiger partial charge on any atom is -0.391 e. The molecule has 0 aliphatic carbocycles. The molecule has 2 amide bonds. The first kappa shape index (κ1) is 15.1. The normalized spacial score (nSPS) is 29.1. The third-order valence-electron chi connectivity index (χ3n) is 4.72. The summed E-state index contributed by atoms with van der Waals surface area (Å²) < 4.78 is 0.